The second-order valence-corrected chi connectivity index (χ2v) is 5.80. The summed E-state index contributed by atoms with van der Waals surface area (Å²) in [5.74, 6) is -0.696. The first kappa shape index (κ1) is 18.8. The molecule has 0 spiro atoms. The highest BCUT2D eigenvalue weighted by molar-refractivity contribution is 7.08. The number of rotatable bonds is 8. The minimum Gasteiger partial charge on any atom is -0.493 e. The molecule has 1 atom stereocenters. The lowest BCUT2D eigenvalue weighted by Gasteiger charge is -2.19. The number of carbonyl (C=O) groups is 2. The van der Waals surface area contributed by atoms with E-state index in [4.69, 9.17) is 14.6 Å². The Morgan fingerprint density at radius 3 is 2.56 bits per heavy atom. The summed E-state index contributed by atoms with van der Waals surface area (Å²) < 4.78 is 10.7. The number of amides is 1. The van der Waals surface area contributed by atoms with E-state index < -0.39 is 17.9 Å². The molecule has 0 radical (unpaired) electrons. The number of carbonyl (C=O) groups excluding carboxylic acids is 1. The van der Waals surface area contributed by atoms with Crippen LogP contribution in [0.4, 0.5) is 0 Å². The van der Waals surface area contributed by atoms with Crippen LogP contribution in [0.5, 0.6) is 11.5 Å². The van der Waals surface area contributed by atoms with Crippen molar-refractivity contribution in [1.82, 2.24) is 5.32 Å². The second kappa shape index (κ2) is 8.50. The van der Waals surface area contributed by atoms with Crippen LogP contribution >= 0.6 is 11.3 Å². The molecule has 8 heteroatoms. The van der Waals surface area contributed by atoms with Crippen molar-refractivity contribution in [2.75, 3.05) is 20.3 Å². The topological polar surface area (TPSA) is 105 Å². The molecule has 2 aromatic rings. The molecular weight excluding hydrogens is 346 g/mol. The lowest BCUT2D eigenvalue weighted by Crippen LogP contribution is -2.31. The normalized spacial score (nSPS) is 11.6. The van der Waals surface area contributed by atoms with Gasteiger partial charge in [-0.25, -0.2) is 4.79 Å². The third-order valence-corrected chi connectivity index (χ3v) is 4.26. The summed E-state index contributed by atoms with van der Waals surface area (Å²) in [7, 11) is 1.52. The molecule has 1 aromatic carbocycles. The molecule has 1 aromatic heterocycles. The van der Waals surface area contributed by atoms with Gasteiger partial charge in [0.1, 0.15) is 0 Å². The van der Waals surface area contributed by atoms with E-state index in [1.807, 2.05) is 6.92 Å². The number of hydrogen-bond donors (Lipinski definition) is 3. The van der Waals surface area contributed by atoms with Crippen molar-refractivity contribution in [2.24, 2.45) is 0 Å². The van der Waals surface area contributed by atoms with E-state index in [1.165, 1.54) is 17.9 Å². The summed E-state index contributed by atoms with van der Waals surface area (Å²) >= 11 is 1.13. The van der Waals surface area contributed by atoms with E-state index in [-0.39, 0.29) is 17.7 Å². The number of aliphatic hydroxyl groups excluding tert-OH is 1. The second-order valence-electron chi connectivity index (χ2n) is 5.06. The van der Waals surface area contributed by atoms with Gasteiger partial charge in [-0.2, -0.15) is 11.3 Å². The molecule has 1 amide bonds. The first-order valence-electron chi connectivity index (χ1n) is 7.53. The predicted molar refractivity (Wildman–Crippen MR) is 92.7 cm³/mol. The van der Waals surface area contributed by atoms with Gasteiger partial charge in [0.25, 0.3) is 5.91 Å². The molecule has 0 aliphatic rings. The first-order valence-corrected chi connectivity index (χ1v) is 8.48. The summed E-state index contributed by atoms with van der Waals surface area (Å²) in [5, 5.41) is 24.3. The predicted octanol–water partition coefficient (Wildman–Crippen LogP) is 2.32. The third-order valence-electron chi connectivity index (χ3n) is 3.51. The number of methoxy groups -OCH3 is 1. The molecule has 3 N–H and O–H groups in total. The number of aliphatic hydroxyl groups is 1. The Bertz CT molecular complexity index is 757. The van der Waals surface area contributed by atoms with E-state index in [9.17, 15) is 14.7 Å². The zero-order chi connectivity index (χ0) is 18.4. The van der Waals surface area contributed by atoms with Crippen molar-refractivity contribution in [1.29, 1.82) is 0 Å². The molecule has 0 bridgehead atoms. The minimum absolute atomic E-state index is 0.0643. The molecule has 0 aliphatic heterocycles. The number of benzene rings is 1. The van der Waals surface area contributed by atoms with Gasteiger partial charge < -0.3 is 25.0 Å². The van der Waals surface area contributed by atoms with Crippen LogP contribution < -0.4 is 14.8 Å². The summed E-state index contributed by atoms with van der Waals surface area (Å²) in [6, 6.07) is 4.35. The smallest absolute Gasteiger partial charge is 0.337 e. The molecule has 0 fully saturated rings. The Kier molecular flexibility index (Phi) is 6.37. The van der Waals surface area contributed by atoms with Crippen LogP contribution in [-0.4, -0.2) is 42.4 Å². The van der Waals surface area contributed by atoms with Crippen LogP contribution in [-0.2, 0) is 0 Å². The maximum atomic E-state index is 12.4. The first-order chi connectivity index (χ1) is 12.0. The Hall–Kier alpha value is -2.58. The molecule has 1 heterocycles. The number of hydrogen-bond acceptors (Lipinski definition) is 6. The average Bonchev–Trinajstić information content (AvgIpc) is 3.10. The fourth-order valence-electron chi connectivity index (χ4n) is 2.29. The highest BCUT2D eigenvalue weighted by Crippen LogP contribution is 2.30. The Morgan fingerprint density at radius 2 is 1.96 bits per heavy atom. The van der Waals surface area contributed by atoms with E-state index in [0.717, 1.165) is 11.3 Å². The zero-order valence-corrected chi connectivity index (χ0v) is 14.6. The molecule has 134 valence electrons. The van der Waals surface area contributed by atoms with Gasteiger partial charge in [0.05, 0.1) is 37.5 Å². The van der Waals surface area contributed by atoms with Gasteiger partial charge in [-0.15, -0.1) is 0 Å². The van der Waals surface area contributed by atoms with Gasteiger partial charge in [0, 0.05) is 10.8 Å². The van der Waals surface area contributed by atoms with Gasteiger partial charge in [0.15, 0.2) is 11.5 Å². The monoisotopic (exact) mass is 365 g/mol. The van der Waals surface area contributed by atoms with Crippen molar-refractivity contribution in [3.63, 3.8) is 0 Å². The van der Waals surface area contributed by atoms with Gasteiger partial charge in [-0.05, 0) is 24.6 Å². The number of aromatic carboxylic acids is 1. The van der Waals surface area contributed by atoms with Gasteiger partial charge in [0.2, 0.25) is 0 Å². The molecule has 7 nitrogen and oxygen atoms in total. The fraction of sp³-hybridized carbons (Fsp3) is 0.294. The van der Waals surface area contributed by atoms with E-state index in [1.54, 1.807) is 18.2 Å². The summed E-state index contributed by atoms with van der Waals surface area (Å²) in [6.07, 6.45) is 0. The fourth-order valence-corrected chi connectivity index (χ4v) is 3.09. The number of carboxylic acid groups (broad SMARTS) is 1. The quantitative estimate of drug-likeness (QED) is 0.663. The van der Waals surface area contributed by atoms with Crippen LogP contribution in [0.1, 0.15) is 39.2 Å². The van der Waals surface area contributed by atoms with Gasteiger partial charge in [-0.3, -0.25) is 4.79 Å². The van der Waals surface area contributed by atoms with Gasteiger partial charge in [-0.1, -0.05) is 6.07 Å². The molecule has 0 saturated carbocycles. The van der Waals surface area contributed by atoms with Crippen molar-refractivity contribution < 1.29 is 29.3 Å². The molecule has 25 heavy (non-hydrogen) atoms. The number of nitrogens with one attached hydrogen (secondary N) is 1. The lowest BCUT2D eigenvalue weighted by atomic mass is 10.1. The maximum absolute atomic E-state index is 12.4. The minimum atomic E-state index is -1.17. The Morgan fingerprint density at radius 1 is 1.24 bits per heavy atom. The summed E-state index contributed by atoms with van der Waals surface area (Å²) in [4.78, 5) is 23.5. The number of carboxylic acids is 1. The summed E-state index contributed by atoms with van der Waals surface area (Å²) in [5.41, 5.74) is 0.616. The molecular formula is C17H19NO6S. The molecule has 2 rings (SSSR count). The van der Waals surface area contributed by atoms with Crippen molar-refractivity contribution in [2.45, 2.75) is 13.0 Å². The standard InChI is InChI=1S/C17H19NO6S/c1-3-24-15-6-10(4-5-14(15)23-2)13(7-19)18-16(20)11-8-25-9-12(11)17(21)22/h4-6,8-9,13,19H,3,7H2,1-2H3,(H,18,20)(H,21,22). The molecule has 0 saturated heterocycles. The Balaban J connectivity index is 2.25. The van der Waals surface area contributed by atoms with Crippen LogP contribution in [0.25, 0.3) is 0 Å². The highest BCUT2D eigenvalue weighted by Gasteiger charge is 2.22. The number of ether oxygens (including phenoxy) is 2. The van der Waals surface area contributed by atoms with Crippen molar-refractivity contribution in [3.8, 4) is 11.5 Å². The van der Waals surface area contributed by atoms with Crippen LogP contribution in [0, 0.1) is 0 Å². The van der Waals surface area contributed by atoms with Crippen LogP contribution in [0.2, 0.25) is 0 Å². The molecule has 0 aliphatic carbocycles. The molecule has 1 unspecified atom stereocenters. The third kappa shape index (κ3) is 4.28. The van der Waals surface area contributed by atoms with E-state index >= 15 is 0 Å². The number of thiophene rings is 1. The van der Waals surface area contributed by atoms with Crippen molar-refractivity contribution >= 4 is 23.2 Å². The summed E-state index contributed by atoms with van der Waals surface area (Å²) in [6.45, 7) is 1.92. The van der Waals surface area contributed by atoms with E-state index in [2.05, 4.69) is 5.32 Å². The Labute approximate surface area is 148 Å². The zero-order valence-electron chi connectivity index (χ0n) is 13.8. The average molecular weight is 365 g/mol. The van der Waals surface area contributed by atoms with Crippen molar-refractivity contribution in [3.05, 3.63) is 45.6 Å². The van der Waals surface area contributed by atoms with Crippen LogP contribution in [0.3, 0.4) is 0 Å². The lowest BCUT2D eigenvalue weighted by molar-refractivity contribution is 0.0691. The highest BCUT2D eigenvalue weighted by atomic mass is 32.1. The SMILES string of the molecule is CCOc1cc(C(CO)NC(=O)c2cscc2C(=O)O)ccc1OC. The van der Waals surface area contributed by atoms with Gasteiger partial charge >= 0.3 is 5.97 Å². The largest absolute Gasteiger partial charge is 0.493 e. The van der Waals surface area contributed by atoms with Crippen LogP contribution in [0.15, 0.2) is 29.0 Å². The van der Waals surface area contributed by atoms with E-state index in [0.29, 0.717) is 23.7 Å². The maximum Gasteiger partial charge on any atom is 0.337 e.